The number of benzene rings is 1. The number of carbonyl (C=O) groups is 2. The van der Waals surface area contributed by atoms with Crippen LogP contribution in [0, 0.1) is 0 Å². The van der Waals surface area contributed by atoms with E-state index in [0.717, 1.165) is 0 Å². The molecule has 1 aliphatic rings. The predicted molar refractivity (Wildman–Crippen MR) is 85.2 cm³/mol. The van der Waals surface area contributed by atoms with Crippen molar-refractivity contribution in [2.45, 2.75) is 38.6 Å². The number of fused-ring (bicyclic) bond motifs is 1. The molecule has 0 bridgehead atoms. The van der Waals surface area contributed by atoms with Crippen molar-refractivity contribution in [2.24, 2.45) is 0 Å². The highest BCUT2D eigenvalue weighted by molar-refractivity contribution is 6.32. The lowest BCUT2D eigenvalue weighted by molar-refractivity contribution is -0.147. The summed E-state index contributed by atoms with van der Waals surface area (Å²) in [6.07, 6.45) is 1.03. The zero-order valence-corrected chi connectivity index (χ0v) is 13.9. The number of carboxylic acids is 1. The van der Waals surface area contributed by atoms with Gasteiger partial charge in [-0.05, 0) is 31.0 Å². The van der Waals surface area contributed by atoms with E-state index in [2.05, 4.69) is 5.32 Å². The van der Waals surface area contributed by atoms with Gasteiger partial charge in [-0.2, -0.15) is 0 Å². The second kappa shape index (κ2) is 7.08. The molecule has 6 nitrogen and oxygen atoms in total. The third kappa shape index (κ3) is 4.07. The maximum absolute atomic E-state index is 12.2. The van der Waals surface area contributed by atoms with Gasteiger partial charge in [0.2, 0.25) is 5.91 Å². The lowest BCUT2D eigenvalue weighted by Gasteiger charge is -2.26. The number of carboxylic acid groups (broad SMARTS) is 1. The molecule has 1 unspecified atom stereocenters. The van der Waals surface area contributed by atoms with E-state index in [9.17, 15) is 14.7 Å². The van der Waals surface area contributed by atoms with Crippen molar-refractivity contribution in [1.29, 1.82) is 0 Å². The molecule has 23 heavy (non-hydrogen) atoms. The Labute approximate surface area is 139 Å². The van der Waals surface area contributed by atoms with Crippen molar-refractivity contribution in [3.8, 4) is 11.5 Å². The summed E-state index contributed by atoms with van der Waals surface area (Å²) in [7, 11) is 0. The third-order valence-electron chi connectivity index (χ3n) is 3.66. The minimum atomic E-state index is -1.27. The zero-order chi connectivity index (χ0) is 17.0. The van der Waals surface area contributed by atoms with Crippen molar-refractivity contribution in [2.75, 3.05) is 13.2 Å². The van der Waals surface area contributed by atoms with Gasteiger partial charge in [0.15, 0.2) is 11.5 Å². The van der Waals surface area contributed by atoms with Crippen LogP contribution in [0.3, 0.4) is 0 Å². The van der Waals surface area contributed by atoms with Crippen LogP contribution in [-0.4, -0.2) is 35.7 Å². The summed E-state index contributed by atoms with van der Waals surface area (Å²) in [6.45, 7) is 4.23. The number of hydrogen-bond donors (Lipinski definition) is 2. The molecule has 1 aromatic rings. The summed E-state index contributed by atoms with van der Waals surface area (Å²) in [6, 6.07) is 3.32. The number of halogens is 1. The molecule has 1 amide bonds. The van der Waals surface area contributed by atoms with Crippen LogP contribution in [0.15, 0.2) is 12.1 Å². The number of hydrogen-bond acceptors (Lipinski definition) is 4. The van der Waals surface area contributed by atoms with E-state index in [1.165, 1.54) is 6.92 Å². The molecule has 0 fully saturated rings. The lowest BCUT2D eigenvalue weighted by Crippen LogP contribution is -2.52. The summed E-state index contributed by atoms with van der Waals surface area (Å²) in [5.41, 5.74) is -0.635. The first kappa shape index (κ1) is 17.4. The molecule has 7 heteroatoms. The lowest BCUT2D eigenvalue weighted by atomic mass is 9.96. The summed E-state index contributed by atoms with van der Waals surface area (Å²) >= 11 is 6.13. The monoisotopic (exact) mass is 341 g/mol. The third-order valence-corrected chi connectivity index (χ3v) is 3.94. The van der Waals surface area contributed by atoms with Gasteiger partial charge in [-0.15, -0.1) is 0 Å². The Hall–Kier alpha value is -1.95. The average molecular weight is 342 g/mol. The van der Waals surface area contributed by atoms with Gasteiger partial charge < -0.3 is 19.9 Å². The first-order valence-electron chi connectivity index (χ1n) is 7.48. The number of rotatable bonds is 6. The van der Waals surface area contributed by atoms with Gasteiger partial charge in [0.05, 0.1) is 11.4 Å². The number of ether oxygens (including phenoxy) is 2. The molecule has 0 radical (unpaired) electrons. The van der Waals surface area contributed by atoms with Crippen LogP contribution in [0.4, 0.5) is 0 Å². The van der Waals surface area contributed by atoms with Crippen molar-refractivity contribution in [3.63, 3.8) is 0 Å². The highest BCUT2D eigenvalue weighted by Crippen LogP contribution is 2.38. The van der Waals surface area contributed by atoms with Gasteiger partial charge >= 0.3 is 5.97 Å². The first-order valence-corrected chi connectivity index (χ1v) is 7.86. The predicted octanol–water partition coefficient (Wildman–Crippen LogP) is 2.41. The van der Waals surface area contributed by atoms with E-state index in [4.69, 9.17) is 21.1 Å². The van der Waals surface area contributed by atoms with E-state index in [1.807, 2.05) is 6.92 Å². The number of aliphatic carboxylic acids is 1. The fraction of sp³-hybridized carbons (Fsp3) is 0.500. The average Bonchev–Trinajstić information content (AvgIpc) is 2.47. The van der Waals surface area contributed by atoms with Crippen LogP contribution in [0.1, 0.15) is 32.3 Å². The van der Waals surface area contributed by atoms with E-state index >= 15 is 0 Å². The van der Waals surface area contributed by atoms with Gasteiger partial charge in [0.25, 0.3) is 0 Å². The van der Waals surface area contributed by atoms with Crippen molar-refractivity contribution in [1.82, 2.24) is 5.32 Å². The van der Waals surface area contributed by atoms with Crippen LogP contribution < -0.4 is 14.8 Å². The summed E-state index contributed by atoms with van der Waals surface area (Å²) < 4.78 is 10.9. The highest BCUT2D eigenvalue weighted by Gasteiger charge is 2.33. The molecule has 0 saturated carbocycles. The quantitative estimate of drug-likeness (QED) is 0.830. The number of nitrogens with one attached hydrogen (secondary N) is 1. The molecule has 2 rings (SSSR count). The molecule has 1 aromatic carbocycles. The normalized spacial score (nSPS) is 15.6. The van der Waals surface area contributed by atoms with Crippen LogP contribution in [0.25, 0.3) is 0 Å². The van der Waals surface area contributed by atoms with Crippen LogP contribution in [-0.2, 0) is 16.0 Å². The molecule has 0 aliphatic carbocycles. The molecule has 1 atom stereocenters. The van der Waals surface area contributed by atoms with Crippen LogP contribution in [0.2, 0.25) is 5.02 Å². The Balaban J connectivity index is 2.11. The summed E-state index contributed by atoms with van der Waals surface area (Å²) in [4.78, 5) is 23.6. The molecule has 0 spiro atoms. The molecule has 2 N–H and O–H groups in total. The minimum Gasteiger partial charge on any atom is -0.486 e. The Kier molecular flexibility index (Phi) is 5.36. The molecule has 1 aliphatic heterocycles. The Morgan fingerprint density at radius 3 is 2.70 bits per heavy atom. The van der Waals surface area contributed by atoms with E-state index in [1.54, 1.807) is 12.1 Å². The second-order valence-electron chi connectivity index (χ2n) is 5.71. The maximum Gasteiger partial charge on any atom is 0.329 e. The zero-order valence-electron chi connectivity index (χ0n) is 13.1. The Bertz CT molecular complexity index is 619. The van der Waals surface area contributed by atoms with Gasteiger partial charge in [-0.25, -0.2) is 4.79 Å². The molecular formula is C16H20ClNO5. The SMILES string of the molecule is CCCC(C)(NC(=O)Cc1cc(Cl)c2c(c1)OCCO2)C(=O)O. The topological polar surface area (TPSA) is 84.9 Å². The minimum absolute atomic E-state index is 0.0168. The van der Waals surface area contributed by atoms with Crippen LogP contribution in [0.5, 0.6) is 11.5 Å². The van der Waals surface area contributed by atoms with Gasteiger partial charge in [-0.3, -0.25) is 4.79 Å². The van der Waals surface area contributed by atoms with Crippen molar-refractivity contribution in [3.05, 3.63) is 22.7 Å². The van der Waals surface area contributed by atoms with Crippen molar-refractivity contribution < 1.29 is 24.2 Å². The van der Waals surface area contributed by atoms with Crippen molar-refractivity contribution >= 4 is 23.5 Å². The molecule has 0 saturated heterocycles. The first-order chi connectivity index (χ1) is 10.9. The fourth-order valence-corrected chi connectivity index (χ4v) is 2.81. The van der Waals surface area contributed by atoms with Gasteiger partial charge in [0, 0.05) is 0 Å². The van der Waals surface area contributed by atoms with Gasteiger partial charge in [0.1, 0.15) is 18.8 Å². The summed E-state index contributed by atoms with van der Waals surface area (Å²) in [5.74, 6) is -0.450. The summed E-state index contributed by atoms with van der Waals surface area (Å²) in [5, 5.41) is 12.3. The fourth-order valence-electron chi connectivity index (χ4n) is 2.53. The standard InChI is InChI=1S/C16H20ClNO5/c1-3-4-16(2,15(20)21)18-13(19)9-10-7-11(17)14-12(8-10)22-5-6-23-14/h7-8H,3-6,9H2,1-2H3,(H,18,19)(H,20,21). The second-order valence-corrected chi connectivity index (χ2v) is 6.12. The largest absolute Gasteiger partial charge is 0.486 e. The highest BCUT2D eigenvalue weighted by atomic mass is 35.5. The van der Waals surface area contributed by atoms with E-state index in [0.29, 0.717) is 48.1 Å². The van der Waals surface area contributed by atoms with E-state index in [-0.39, 0.29) is 12.3 Å². The molecule has 1 heterocycles. The molecule has 0 aromatic heterocycles. The number of amides is 1. The van der Waals surface area contributed by atoms with E-state index < -0.39 is 11.5 Å². The Morgan fingerprint density at radius 2 is 2.04 bits per heavy atom. The smallest absolute Gasteiger partial charge is 0.329 e. The Morgan fingerprint density at radius 1 is 1.35 bits per heavy atom. The number of carbonyl (C=O) groups excluding carboxylic acids is 1. The van der Waals surface area contributed by atoms with Gasteiger partial charge in [-0.1, -0.05) is 24.9 Å². The molecule has 126 valence electrons. The van der Waals surface area contributed by atoms with Crippen LogP contribution >= 0.6 is 11.6 Å². The maximum atomic E-state index is 12.2. The molecular weight excluding hydrogens is 322 g/mol.